The van der Waals surface area contributed by atoms with Gasteiger partial charge >= 0.3 is 0 Å². The minimum absolute atomic E-state index is 0.165. The Labute approximate surface area is 117 Å². The zero-order valence-corrected chi connectivity index (χ0v) is 11.2. The van der Waals surface area contributed by atoms with E-state index in [-0.39, 0.29) is 17.9 Å². The Kier molecular flexibility index (Phi) is 5.09. The van der Waals surface area contributed by atoms with Gasteiger partial charge in [0.25, 0.3) is 11.8 Å². The van der Waals surface area contributed by atoms with Gasteiger partial charge in [-0.2, -0.15) is 0 Å². The monoisotopic (exact) mass is 277 g/mol. The van der Waals surface area contributed by atoms with Crippen LogP contribution in [0.5, 0.6) is 0 Å². The van der Waals surface area contributed by atoms with Crippen LogP contribution in [0.15, 0.2) is 24.3 Å². The highest BCUT2D eigenvalue weighted by molar-refractivity contribution is 5.98. The molecule has 0 aliphatic carbocycles. The van der Waals surface area contributed by atoms with Crippen LogP contribution in [0.25, 0.3) is 0 Å². The first-order chi connectivity index (χ1) is 9.70. The third kappa shape index (κ3) is 3.79. The van der Waals surface area contributed by atoms with Crippen LogP contribution in [0, 0.1) is 0 Å². The number of nitrogens with one attached hydrogen (secondary N) is 2. The molecule has 6 nitrogen and oxygen atoms in total. The molecule has 1 saturated heterocycles. The fourth-order valence-corrected chi connectivity index (χ4v) is 2.03. The van der Waals surface area contributed by atoms with Gasteiger partial charge in [0.15, 0.2) is 0 Å². The quantitative estimate of drug-likeness (QED) is 0.730. The molecule has 0 aromatic heterocycles. The van der Waals surface area contributed by atoms with Crippen molar-refractivity contribution in [1.29, 1.82) is 0 Å². The van der Waals surface area contributed by atoms with Crippen molar-refractivity contribution in [2.75, 3.05) is 25.0 Å². The number of rotatable bonds is 5. The Morgan fingerprint density at radius 1 is 1.40 bits per heavy atom. The van der Waals surface area contributed by atoms with E-state index in [9.17, 15) is 9.59 Å². The lowest BCUT2D eigenvalue weighted by molar-refractivity contribution is -0.124. The first-order valence-corrected chi connectivity index (χ1v) is 6.71. The molecule has 1 aliphatic heterocycles. The molecule has 0 radical (unpaired) electrons. The minimum atomic E-state index is -0.385. The van der Waals surface area contributed by atoms with E-state index in [0.29, 0.717) is 30.9 Å². The molecule has 4 N–H and O–H groups in total. The highest BCUT2D eigenvalue weighted by Gasteiger charge is 2.23. The normalized spacial score (nSPS) is 17.8. The zero-order valence-electron chi connectivity index (χ0n) is 11.2. The number of ether oxygens (including phenoxy) is 1. The van der Waals surface area contributed by atoms with Crippen LogP contribution in [0.4, 0.5) is 5.69 Å². The van der Waals surface area contributed by atoms with Crippen LogP contribution in [-0.4, -0.2) is 37.6 Å². The number of benzene rings is 1. The fraction of sp³-hybridized carbons (Fsp3) is 0.429. The summed E-state index contributed by atoms with van der Waals surface area (Å²) in [7, 11) is 0. The van der Waals surface area contributed by atoms with E-state index in [0.717, 1.165) is 12.8 Å². The van der Waals surface area contributed by atoms with Crippen molar-refractivity contribution >= 4 is 17.5 Å². The lowest BCUT2D eigenvalue weighted by atomic mass is 10.1. The lowest BCUT2D eigenvalue weighted by Gasteiger charge is -2.11. The highest BCUT2D eigenvalue weighted by Crippen LogP contribution is 2.16. The van der Waals surface area contributed by atoms with E-state index in [1.165, 1.54) is 0 Å². The molecule has 0 saturated carbocycles. The summed E-state index contributed by atoms with van der Waals surface area (Å²) in [5, 5.41) is 5.45. The predicted molar refractivity (Wildman–Crippen MR) is 75.4 cm³/mol. The van der Waals surface area contributed by atoms with Crippen molar-refractivity contribution in [2.24, 2.45) is 5.73 Å². The van der Waals surface area contributed by atoms with Crippen molar-refractivity contribution in [3.8, 4) is 0 Å². The van der Waals surface area contributed by atoms with Crippen molar-refractivity contribution < 1.29 is 14.3 Å². The van der Waals surface area contributed by atoms with Crippen LogP contribution in [0.2, 0.25) is 0 Å². The summed E-state index contributed by atoms with van der Waals surface area (Å²) in [6.07, 6.45) is 1.26. The Hall–Kier alpha value is -1.92. The Morgan fingerprint density at radius 3 is 2.95 bits per heavy atom. The zero-order chi connectivity index (χ0) is 14.4. The molecule has 1 aromatic rings. The molecule has 1 fully saturated rings. The predicted octanol–water partition coefficient (Wildman–Crippen LogP) is 0.493. The van der Waals surface area contributed by atoms with E-state index in [2.05, 4.69) is 10.6 Å². The summed E-state index contributed by atoms with van der Waals surface area (Å²) >= 11 is 0. The Morgan fingerprint density at radius 2 is 2.25 bits per heavy atom. The van der Waals surface area contributed by atoms with Crippen molar-refractivity contribution in [1.82, 2.24) is 5.32 Å². The van der Waals surface area contributed by atoms with Crippen LogP contribution < -0.4 is 16.4 Å². The molecule has 6 heteroatoms. The second-order valence-corrected chi connectivity index (χ2v) is 4.62. The molecule has 1 aromatic carbocycles. The molecule has 0 spiro atoms. The maximum absolute atomic E-state index is 11.9. The van der Waals surface area contributed by atoms with E-state index >= 15 is 0 Å². The van der Waals surface area contributed by atoms with Crippen molar-refractivity contribution in [3.05, 3.63) is 29.8 Å². The van der Waals surface area contributed by atoms with Crippen molar-refractivity contribution in [2.45, 2.75) is 18.9 Å². The van der Waals surface area contributed by atoms with Crippen LogP contribution >= 0.6 is 0 Å². The maximum Gasteiger partial charge on any atom is 0.253 e. The van der Waals surface area contributed by atoms with E-state index < -0.39 is 0 Å². The second-order valence-electron chi connectivity index (χ2n) is 4.62. The Balaban J connectivity index is 1.98. The van der Waals surface area contributed by atoms with Gasteiger partial charge in [0.05, 0.1) is 0 Å². The van der Waals surface area contributed by atoms with Gasteiger partial charge in [0.1, 0.15) is 6.10 Å². The van der Waals surface area contributed by atoms with Gasteiger partial charge < -0.3 is 21.1 Å². The summed E-state index contributed by atoms with van der Waals surface area (Å²) in [4.78, 5) is 23.7. The van der Waals surface area contributed by atoms with E-state index in [1.54, 1.807) is 24.3 Å². The van der Waals surface area contributed by atoms with Crippen LogP contribution in [-0.2, 0) is 9.53 Å². The molecule has 1 unspecified atom stereocenters. The standard InChI is InChI=1S/C14H19N3O3/c15-6-7-16-13(18)10-3-1-4-11(9-10)17-14(19)12-5-2-8-20-12/h1,3-4,9,12H,2,5-8,15H2,(H,16,18)(H,17,19). The van der Waals surface area contributed by atoms with Crippen LogP contribution in [0.1, 0.15) is 23.2 Å². The van der Waals surface area contributed by atoms with Gasteiger partial charge in [-0.1, -0.05) is 6.07 Å². The second kappa shape index (κ2) is 7.02. The summed E-state index contributed by atoms with van der Waals surface area (Å²) in [5.41, 5.74) is 6.41. The molecule has 108 valence electrons. The summed E-state index contributed by atoms with van der Waals surface area (Å²) in [6, 6.07) is 6.79. The first-order valence-electron chi connectivity index (χ1n) is 6.71. The van der Waals surface area contributed by atoms with Gasteiger partial charge in [-0.25, -0.2) is 0 Å². The van der Waals surface area contributed by atoms with Crippen molar-refractivity contribution in [3.63, 3.8) is 0 Å². The topological polar surface area (TPSA) is 93.5 Å². The number of hydrogen-bond donors (Lipinski definition) is 3. The highest BCUT2D eigenvalue weighted by atomic mass is 16.5. The summed E-state index contributed by atoms with van der Waals surface area (Å²) in [6.45, 7) is 1.44. The lowest BCUT2D eigenvalue weighted by Crippen LogP contribution is -2.29. The van der Waals surface area contributed by atoms with E-state index in [4.69, 9.17) is 10.5 Å². The van der Waals surface area contributed by atoms with Gasteiger partial charge in [-0.05, 0) is 31.0 Å². The summed E-state index contributed by atoms with van der Waals surface area (Å²) < 4.78 is 5.31. The number of carbonyl (C=O) groups excluding carboxylic acids is 2. The number of hydrogen-bond acceptors (Lipinski definition) is 4. The molecule has 1 heterocycles. The largest absolute Gasteiger partial charge is 0.368 e. The number of anilines is 1. The molecule has 2 rings (SSSR count). The molecule has 0 bridgehead atoms. The van der Waals surface area contributed by atoms with E-state index in [1.807, 2.05) is 0 Å². The molecule has 1 atom stereocenters. The van der Waals surface area contributed by atoms with Crippen LogP contribution in [0.3, 0.4) is 0 Å². The molecule has 20 heavy (non-hydrogen) atoms. The number of nitrogens with two attached hydrogens (primary N) is 1. The van der Waals surface area contributed by atoms with Gasteiger partial charge in [0.2, 0.25) is 0 Å². The SMILES string of the molecule is NCCNC(=O)c1cccc(NC(=O)C2CCCO2)c1. The van der Waals surface area contributed by atoms with Gasteiger partial charge in [0, 0.05) is 30.9 Å². The number of carbonyl (C=O) groups is 2. The Bertz CT molecular complexity index is 484. The third-order valence-corrected chi connectivity index (χ3v) is 3.04. The van der Waals surface area contributed by atoms with Gasteiger partial charge in [-0.3, -0.25) is 9.59 Å². The number of amides is 2. The third-order valence-electron chi connectivity index (χ3n) is 3.04. The average Bonchev–Trinajstić information content (AvgIpc) is 2.99. The molecule has 1 aliphatic rings. The smallest absolute Gasteiger partial charge is 0.253 e. The molecule has 2 amide bonds. The molecular formula is C14H19N3O3. The average molecular weight is 277 g/mol. The first kappa shape index (κ1) is 14.5. The molecular weight excluding hydrogens is 258 g/mol. The fourth-order valence-electron chi connectivity index (χ4n) is 2.03. The minimum Gasteiger partial charge on any atom is -0.368 e. The summed E-state index contributed by atoms with van der Waals surface area (Å²) in [5.74, 6) is -0.370. The van der Waals surface area contributed by atoms with Gasteiger partial charge in [-0.15, -0.1) is 0 Å². The maximum atomic E-state index is 11.9.